The van der Waals surface area contributed by atoms with Crippen molar-refractivity contribution in [1.29, 1.82) is 0 Å². The van der Waals surface area contributed by atoms with E-state index in [2.05, 4.69) is 38.3 Å². The molecule has 0 saturated heterocycles. The van der Waals surface area contributed by atoms with Crippen LogP contribution in [0.5, 0.6) is 0 Å². The highest BCUT2D eigenvalue weighted by Crippen LogP contribution is 2.42. The number of hydrogen-bond donors (Lipinski definition) is 3. The van der Waals surface area contributed by atoms with Gasteiger partial charge in [0.2, 0.25) is 0 Å². The number of nitrogens with two attached hydrogens (primary N) is 2. The lowest BCUT2D eigenvalue weighted by Crippen LogP contribution is -3.03. The summed E-state index contributed by atoms with van der Waals surface area (Å²) in [6.07, 6.45) is 0.736. The summed E-state index contributed by atoms with van der Waals surface area (Å²) < 4.78 is 0. The van der Waals surface area contributed by atoms with Gasteiger partial charge in [-0.05, 0) is 58.7 Å². The lowest BCUT2D eigenvalue weighted by Gasteiger charge is -2.38. The van der Waals surface area contributed by atoms with Gasteiger partial charge in [-0.2, -0.15) is 0 Å². The van der Waals surface area contributed by atoms with Crippen molar-refractivity contribution < 1.29 is 14.9 Å². The number of primary amides is 1. The topological polar surface area (TPSA) is 88.8 Å². The summed E-state index contributed by atoms with van der Waals surface area (Å²) in [5.41, 5.74) is 9.55. The second kappa shape index (κ2) is 6.46. The molecule has 0 saturated carbocycles. The number of quaternary nitrogens is 1. The molecule has 0 spiro atoms. The fourth-order valence-corrected chi connectivity index (χ4v) is 5.58. The molecule has 6 heteroatoms. The molecule has 2 amide bonds. The van der Waals surface area contributed by atoms with E-state index in [1.165, 1.54) is 11.3 Å². The van der Waals surface area contributed by atoms with Crippen LogP contribution in [0, 0.1) is 13.8 Å². The van der Waals surface area contributed by atoms with Crippen molar-refractivity contribution in [2.75, 3.05) is 5.32 Å². The van der Waals surface area contributed by atoms with Crippen molar-refractivity contribution >= 4 is 28.2 Å². The molecule has 1 aliphatic heterocycles. The Kier molecular flexibility index (Phi) is 4.68. The van der Waals surface area contributed by atoms with Gasteiger partial charge < -0.3 is 16.4 Å². The van der Waals surface area contributed by atoms with Gasteiger partial charge >= 0.3 is 0 Å². The Morgan fingerprint density at radius 2 is 1.85 bits per heavy atom. The number of carbonyl (C=O) groups excluding carboxylic acids is 2. The second-order valence-electron chi connectivity index (χ2n) is 8.78. The summed E-state index contributed by atoms with van der Waals surface area (Å²) in [6.45, 7) is 12.5. The lowest BCUT2D eigenvalue weighted by molar-refractivity contribution is -0.789. The quantitative estimate of drug-likeness (QED) is 0.757. The molecule has 0 atom stereocenters. The van der Waals surface area contributed by atoms with E-state index in [0.717, 1.165) is 28.0 Å². The maximum atomic E-state index is 12.9. The first kappa shape index (κ1) is 19.6. The number of thiophene rings is 1. The third-order valence-electron chi connectivity index (χ3n) is 5.08. The van der Waals surface area contributed by atoms with Crippen LogP contribution in [0.1, 0.15) is 70.0 Å². The third-order valence-corrected chi connectivity index (χ3v) is 6.56. The van der Waals surface area contributed by atoms with E-state index in [1.807, 2.05) is 32.0 Å². The molecule has 5 N–H and O–H groups in total. The maximum absolute atomic E-state index is 12.9. The second-order valence-corrected chi connectivity index (χ2v) is 9.80. The molecular weight excluding hydrogens is 358 g/mol. The van der Waals surface area contributed by atoms with Crippen molar-refractivity contribution in [2.45, 2.75) is 59.0 Å². The van der Waals surface area contributed by atoms with E-state index in [-0.39, 0.29) is 17.0 Å². The van der Waals surface area contributed by atoms with Crippen LogP contribution in [0.25, 0.3) is 0 Å². The molecular formula is C21H28N3O2S+. The van der Waals surface area contributed by atoms with Crippen molar-refractivity contribution in [3.8, 4) is 0 Å². The zero-order chi connectivity index (χ0) is 20.1. The number of rotatable bonds is 3. The summed E-state index contributed by atoms with van der Waals surface area (Å²) >= 11 is 1.47. The van der Waals surface area contributed by atoms with Gasteiger partial charge in [0.25, 0.3) is 11.8 Å². The average molecular weight is 387 g/mol. The number of carbonyl (C=O) groups is 2. The first-order chi connectivity index (χ1) is 12.4. The third kappa shape index (κ3) is 3.64. The monoisotopic (exact) mass is 386 g/mol. The highest BCUT2D eigenvalue weighted by atomic mass is 32.1. The molecule has 0 fully saturated rings. The van der Waals surface area contributed by atoms with Gasteiger partial charge in [-0.1, -0.05) is 17.7 Å². The van der Waals surface area contributed by atoms with Crippen molar-refractivity contribution in [3.05, 3.63) is 50.9 Å². The Morgan fingerprint density at radius 1 is 1.19 bits per heavy atom. The number of benzene rings is 1. The number of hydrogen-bond acceptors (Lipinski definition) is 3. The van der Waals surface area contributed by atoms with Crippen LogP contribution in [0.4, 0.5) is 5.00 Å². The predicted molar refractivity (Wildman–Crippen MR) is 109 cm³/mol. The number of nitrogens with one attached hydrogen (secondary N) is 1. The smallest absolute Gasteiger partial charge is 0.256 e. The first-order valence-corrected chi connectivity index (χ1v) is 9.94. The molecule has 0 bridgehead atoms. The van der Waals surface area contributed by atoms with Gasteiger partial charge in [0, 0.05) is 12.0 Å². The molecule has 5 nitrogen and oxygen atoms in total. The molecule has 27 heavy (non-hydrogen) atoms. The maximum Gasteiger partial charge on any atom is 0.256 e. The Hall–Kier alpha value is -2.18. The van der Waals surface area contributed by atoms with Gasteiger partial charge in [0.1, 0.15) is 10.5 Å². The van der Waals surface area contributed by atoms with E-state index in [1.54, 1.807) is 0 Å². The molecule has 1 aromatic carbocycles. The van der Waals surface area contributed by atoms with Crippen LogP contribution < -0.4 is 16.4 Å². The number of fused-ring (bicyclic) bond motifs is 1. The molecule has 3 rings (SSSR count). The molecule has 1 aliphatic rings. The summed E-state index contributed by atoms with van der Waals surface area (Å²) in [5.74, 6) is -0.702. The average Bonchev–Trinajstić information content (AvgIpc) is 2.83. The normalized spacial score (nSPS) is 17.3. The first-order valence-electron chi connectivity index (χ1n) is 9.13. The fourth-order valence-electron chi connectivity index (χ4n) is 4.29. The van der Waals surface area contributed by atoms with Crippen LogP contribution in [-0.2, 0) is 12.0 Å². The Labute approximate surface area is 164 Å². The summed E-state index contributed by atoms with van der Waals surface area (Å²) in [4.78, 5) is 26.2. The Morgan fingerprint density at radius 3 is 2.44 bits per heavy atom. The Balaban J connectivity index is 2.06. The lowest BCUT2D eigenvalue weighted by atomic mass is 9.81. The van der Waals surface area contributed by atoms with Crippen LogP contribution in [0.2, 0.25) is 0 Å². The summed E-state index contributed by atoms with van der Waals surface area (Å²) in [6, 6.07) is 5.71. The molecule has 2 aromatic rings. The number of aryl methyl sites for hydroxylation is 2. The highest BCUT2D eigenvalue weighted by Gasteiger charge is 2.45. The van der Waals surface area contributed by atoms with Crippen LogP contribution in [0.15, 0.2) is 18.2 Å². The largest absolute Gasteiger partial charge is 0.365 e. The number of amides is 2. The van der Waals surface area contributed by atoms with Gasteiger partial charge in [-0.15, -0.1) is 11.3 Å². The minimum absolute atomic E-state index is 0.0450. The van der Waals surface area contributed by atoms with Gasteiger partial charge in [-0.3, -0.25) is 9.59 Å². The van der Waals surface area contributed by atoms with E-state index >= 15 is 0 Å². The van der Waals surface area contributed by atoms with Gasteiger partial charge in [-0.25, -0.2) is 0 Å². The molecule has 0 aliphatic carbocycles. The minimum atomic E-state index is -0.489. The van der Waals surface area contributed by atoms with Crippen molar-refractivity contribution in [2.24, 2.45) is 5.73 Å². The zero-order valence-corrected chi connectivity index (χ0v) is 17.6. The van der Waals surface area contributed by atoms with Gasteiger partial charge in [0.15, 0.2) is 0 Å². The summed E-state index contributed by atoms with van der Waals surface area (Å²) in [7, 11) is 0. The standard InChI is InChI=1S/C21H27N3O2S/c1-11-7-8-13(12(2)9-11)18(26)23-19-15(17(22)25)14-10-20(3,4)24-21(5,6)16(14)27-19/h7-9,24H,10H2,1-6H3,(H2,22,25)(H,23,26)/p+1. The van der Waals surface area contributed by atoms with Crippen LogP contribution in [0.3, 0.4) is 0 Å². The fraction of sp³-hybridized carbons (Fsp3) is 0.429. The molecule has 0 unspecified atom stereocenters. The van der Waals surface area contributed by atoms with Gasteiger partial charge in [0.05, 0.1) is 16.0 Å². The van der Waals surface area contributed by atoms with Crippen molar-refractivity contribution in [1.82, 2.24) is 0 Å². The SMILES string of the molecule is Cc1ccc(C(=O)Nc2sc3c(c2C(N)=O)CC(C)(C)[NH2+]C3(C)C)c(C)c1. The van der Waals surface area contributed by atoms with E-state index in [0.29, 0.717) is 16.1 Å². The molecule has 1 aromatic heterocycles. The van der Waals surface area contributed by atoms with E-state index < -0.39 is 5.91 Å². The van der Waals surface area contributed by atoms with Crippen molar-refractivity contribution in [3.63, 3.8) is 0 Å². The van der Waals surface area contributed by atoms with Crippen LogP contribution >= 0.6 is 11.3 Å². The highest BCUT2D eigenvalue weighted by molar-refractivity contribution is 7.17. The van der Waals surface area contributed by atoms with E-state index in [4.69, 9.17) is 5.73 Å². The number of anilines is 1. The zero-order valence-electron chi connectivity index (χ0n) is 16.8. The molecule has 0 radical (unpaired) electrons. The Bertz CT molecular complexity index is 941. The minimum Gasteiger partial charge on any atom is -0.365 e. The molecule has 144 valence electrons. The summed E-state index contributed by atoms with van der Waals surface area (Å²) in [5, 5.41) is 5.83. The predicted octanol–water partition coefficient (Wildman–Crippen LogP) is 2.85. The van der Waals surface area contributed by atoms with Crippen LogP contribution in [-0.4, -0.2) is 17.4 Å². The molecule has 2 heterocycles. The van der Waals surface area contributed by atoms with E-state index in [9.17, 15) is 9.59 Å².